The molecule has 0 unspecified atom stereocenters. The Balaban J connectivity index is 2.16. The van der Waals surface area contributed by atoms with E-state index in [9.17, 15) is 18.0 Å². The lowest BCUT2D eigenvalue weighted by Gasteiger charge is -2.31. The lowest BCUT2D eigenvalue weighted by molar-refractivity contribution is -0.191. The molecule has 25 heavy (non-hydrogen) atoms. The molecule has 1 atom stereocenters. The van der Waals surface area contributed by atoms with Crippen LogP contribution < -0.4 is 10.2 Å². The first-order valence-electron chi connectivity index (χ1n) is 7.85. The molecule has 0 radical (unpaired) electrons. The molecule has 0 aromatic heterocycles. The Morgan fingerprint density at radius 2 is 1.80 bits per heavy atom. The smallest absolute Gasteiger partial charge is 0.409 e. The number of rotatable bonds is 3. The van der Waals surface area contributed by atoms with Gasteiger partial charge < -0.3 is 4.74 Å². The zero-order valence-electron chi connectivity index (χ0n) is 14.1. The van der Waals surface area contributed by atoms with Crippen molar-refractivity contribution in [1.82, 2.24) is 10.4 Å². The van der Waals surface area contributed by atoms with Gasteiger partial charge in [-0.15, -0.1) is 0 Å². The summed E-state index contributed by atoms with van der Waals surface area (Å²) >= 11 is 0. The Labute approximate surface area is 143 Å². The Hall–Kier alpha value is -2.28. The average Bonchev–Trinajstić information content (AvgIpc) is 2.79. The standard InChI is InChI=1S/C18H19F3N2O2/c1-17(2)10-23(22-16(17)24)15(18(19,20)21)13-8-9-14(25-3)12-7-5-4-6-11(12)13/h4-9,15H,10H2,1-3H3,(H,22,24)/t15-/m0/s1. The molecule has 1 amide bonds. The number of amides is 1. The highest BCUT2D eigenvalue weighted by atomic mass is 19.4. The normalized spacial score (nSPS) is 19.0. The van der Waals surface area contributed by atoms with Gasteiger partial charge in [-0.2, -0.15) is 13.2 Å². The summed E-state index contributed by atoms with van der Waals surface area (Å²) in [6, 6.07) is 7.79. The number of ether oxygens (including phenoxy) is 1. The molecule has 2 aromatic carbocycles. The molecule has 1 heterocycles. The van der Waals surface area contributed by atoms with Crippen molar-refractivity contribution < 1.29 is 22.7 Å². The molecule has 1 aliphatic rings. The molecule has 1 saturated heterocycles. The SMILES string of the molecule is COc1ccc([C@H](N2CC(C)(C)C(=O)N2)C(F)(F)F)c2ccccc12. The predicted molar refractivity (Wildman–Crippen MR) is 87.9 cm³/mol. The van der Waals surface area contributed by atoms with Gasteiger partial charge in [-0.1, -0.05) is 30.3 Å². The highest BCUT2D eigenvalue weighted by Crippen LogP contribution is 2.44. The van der Waals surface area contributed by atoms with E-state index in [1.54, 1.807) is 38.1 Å². The Morgan fingerprint density at radius 3 is 2.32 bits per heavy atom. The van der Waals surface area contributed by atoms with Gasteiger partial charge in [-0.05, 0) is 30.9 Å². The number of halogens is 3. The fourth-order valence-corrected chi connectivity index (χ4v) is 3.21. The second-order valence-electron chi connectivity index (χ2n) is 6.80. The van der Waals surface area contributed by atoms with Crippen molar-refractivity contribution in [1.29, 1.82) is 0 Å². The van der Waals surface area contributed by atoms with Gasteiger partial charge in [0.15, 0.2) is 6.04 Å². The molecule has 134 valence electrons. The molecule has 4 nitrogen and oxygen atoms in total. The molecule has 1 N–H and O–H groups in total. The van der Waals surface area contributed by atoms with Crippen molar-refractivity contribution in [3.05, 3.63) is 42.0 Å². The first-order chi connectivity index (χ1) is 11.6. The summed E-state index contributed by atoms with van der Waals surface area (Å²) in [6.45, 7) is 3.22. The lowest BCUT2D eigenvalue weighted by atomic mass is 9.93. The van der Waals surface area contributed by atoms with Crippen molar-refractivity contribution in [2.75, 3.05) is 13.7 Å². The van der Waals surface area contributed by atoms with E-state index in [1.807, 2.05) is 0 Å². The molecular formula is C18H19F3N2O2. The topological polar surface area (TPSA) is 41.6 Å². The third kappa shape index (κ3) is 3.04. The number of hydrogen-bond donors (Lipinski definition) is 1. The lowest BCUT2D eigenvalue weighted by Crippen LogP contribution is -2.43. The summed E-state index contributed by atoms with van der Waals surface area (Å²) in [5.41, 5.74) is 1.59. The summed E-state index contributed by atoms with van der Waals surface area (Å²) in [7, 11) is 1.48. The van der Waals surface area contributed by atoms with Crippen LogP contribution in [0.2, 0.25) is 0 Å². The van der Waals surface area contributed by atoms with Crippen LogP contribution in [0.5, 0.6) is 5.75 Å². The number of carbonyl (C=O) groups excluding carboxylic acids is 1. The van der Waals surface area contributed by atoms with Gasteiger partial charge in [0.2, 0.25) is 5.91 Å². The van der Waals surface area contributed by atoms with Gasteiger partial charge in [0.25, 0.3) is 0 Å². The molecule has 0 aliphatic carbocycles. The number of fused-ring (bicyclic) bond motifs is 1. The quantitative estimate of drug-likeness (QED) is 0.913. The van der Waals surface area contributed by atoms with Crippen LogP contribution >= 0.6 is 0 Å². The third-order valence-corrected chi connectivity index (χ3v) is 4.48. The van der Waals surface area contributed by atoms with E-state index in [2.05, 4.69) is 5.43 Å². The van der Waals surface area contributed by atoms with Crippen LogP contribution in [0.15, 0.2) is 36.4 Å². The van der Waals surface area contributed by atoms with Gasteiger partial charge in [-0.25, -0.2) is 5.01 Å². The van der Waals surface area contributed by atoms with Crippen molar-refractivity contribution in [2.45, 2.75) is 26.1 Å². The summed E-state index contributed by atoms with van der Waals surface area (Å²) in [6.07, 6.45) is -4.55. The Morgan fingerprint density at radius 1 is 1.16 bits per heavy atom. The Bertz CT molecular complexity index is 818. The number of nitrogens with zero attached hydrogens (tertiary/aromatic N) is 1. The van der Waals surface area contributed by atoms with E-state index >= 15 is 0 Å². The van der Waals surface area contributed by atoms with Crippen LogP contribution in [-0.4, -0.2) is 30.7 Å². The van der Waals surface area contributed by atoms with E-state index < -0.39 is 23.5 Å². The first kappa shape index (κ1) is 17.5. The maximum absolute atomic E-state index is 13.9. The van der Waals surface area contributed by atoms with Crippen molar-refractivity contribution in [3.8, 4) is 5.75 Å². The maximum Gasteiger partial charge on any atom is 0.409 e. The predicted octanol–water partition coefficient (Wildman–Crippen LogP) is 3.82. The summed E-state index contributed by atoms with van der Waals surface area (Å²) < 4.78 is 47.0. The zero-order valence-corrected chi connectivity index (χ0v) is 14.1. The molecule has 1 fully saturated rings. The highest BCUT2D eigenvalue weighted by Gasteiger charge is 2.51. The maximum atomic E-state index is 13.9. The van der Waals surface area contributed by atoms with E-state index in [0.717, 1.165) is 5.01 Å². The number of nitrogens with one attached hydrogen (secondary N) is 1. The van der Waals surface area contributed by atoms with Crippen LogP contribution in [0.3, 0.4) is 0 Å². The van der Waals surface area contributed by atoms with Crippen LogP contribution in [0.4, 0.5) is 13.2 Å². The zero-order chi connectivity index (χ0) is 18.4. The van der Waals surface area contributed by atoms with Gasteiger partial charge in [0.05, 0.1) is 12.5 Å². The molecule has 0 bridgehead atoms. The van der Waals surface area contributed by atoms with Crippen LogP contribution in [0.1, 0.15) is 25.5 Å². The fraction of sp³-hybridized carbons (Fsp3) is 0.389. The van der Waals surface area contributed by atoms with E-state index in [0.29, 0.717) is 16.5 Å². The third-order valence-electron chi connectivity index (χ3n) is 4.48. The van der Waals surface area contributed by atoms with Gasteiger partial charge in [0, 0.05) is 11.9 Å². The fourth-order valence-electron chi connectivity index (χ4n) is 3.21. The van der Waals surface area contributed by atoms with Crippen LogP contribution in [0.25, 0.3) is 10.8 Å². The molecule has 0 spiro atoms. The Kier molecular flexibility index (Phi) is 4.15. The molecule has 1 aliphatic heterocycles. The van der Waals surface area contributed by atoms with Crippen molar-refractivity contribution >= 4 is 16.7 Å². The second-order valence-corrected chi connectivity index (χ2v) is 6.80. The number of methoxy groups -OCH3 is 1. The summed E-state index contributed by atoms with van der Waals surface area (Å²) in [5, 5.41) is 2.03. The van der Waals surface area contributed by atoms with E-state index in [1.165, 1.54) is 19.2 Å². The van der Waals surface area contributed by atoms with E-state index in [-0.39, 0.29) is 12.1 Å². The molecule has 2 aromatic rings. The van der Waals surface area contributed by atoms with Crippen molar-refractivity contribution in [3.63, 3.8) is 0 Å². The minimum atomic E-state index is -4.55. The molecule has 7 heteroatoms. The number of hydrogen-bond acceptors (Lipinski definition) is 3. The number of hydrazine groups is 1. The second kappa shape index (κ2) is 5.91. The van der Waals surface area contributed by atoms with Crippen LogP contribution in [0, 0.1) is 5.41 Å². The van der Waals surface area contributed by atoms with Gasteiger partial charge >= 0.3 is 6.18 Å². The highest BCUT2D eigenvalue weighted by molar-refractivity contribution is 5.91. The molecule has 3 rings (SSSR count). The monoisotopic (exact) mass is 352 g/mol. The number of carbonyl (C=O) groups is 1. The number of alkyl halides is 3. The van der Waals surface area contributed by atoms with Crippen molar-refractivity contribution in [2.24, 2.45) is 5.41 Å². The van der Waals surface area contributed by atoms with Gasteiger partial charge in [0.1, 0.15) is 5.75 Å². The van der Waals surface area contributed by atoms with Gasteiger partial charge in [-0.3, -0.25) is 10.2 Å². The largest absolute Gasteiger partial charge is 0.496 e. The summed E-state index contributed by atoms with van der Waals surface area (Å²) in [4.78, 5) is 12.0. The first-order valence-corrected chi connectivity index (χ1v) is 7.85. The van der Waals surface area contributed by atoms with E-state index in [4.69, 9.17) is 4.74 Å². The number of benzene rings is 2. The minimum absolute atomic E-state index is 0.0314. The minimum Gasteiger partial charge on any atom is -0.496 e. The molecular weight excluding hydrogens is 333 g/mol. The summed E-state index contributed by atoms with van der Waals surface area (Å²) in [5.74, 6) is 0.0885. The van der Waals surface area contributed by atoms with Crippen LogP contribution in [-0.2, 0) is 4.79 Å². The average molecular weight is 352 g/mol. The molecule has 0 saturated carbocycles.